The highest BCUT2D eigenvalue weighted by Gasteiger charge is 2.00. The van der Waals surface area contributed by atoms with Gasteiger partial charge in [-0.15, -0.1) is 30.4 Å². The maximum Gasteiger partial charge on any atom is 0.192 e. The molecule has 0 radical (unpaired) electrons. The zero-order valence-corrected chi connectivity index (χ0v) is 15.1. The molecule has 6 heteroatoms. The Kier molecular flexibility index (Phi) is 8.36. The molecule has 0 amide bonds. The lowest BCUT2D eigenvalue weighted by Gasteiger charge is -2.09. The largest absolute Gasteiger partial charge is 0.357 e. The number of hydrogen-bond acceptors (Lipinski definition) is 2. The summed E-state index contributed by atoms with van der Waals surface area (Å²) in [7, 11) is 0. The maximum atomic E-state index is 5.24. The molecule has 0 spiro atoms. The number of para-hydroxylation sites is 2. The quantitative estimate of drug-likeness (QED) is 0.252. The Balaban J connectivity index is 0.00000242. The van der Waals surface area contributed by atoms with Crippen LogP contribution in [0.5, 0.6) is 0 Å². The minimum atomic E-state index is 0. The van der Waals surface area contributed by atoms with Gasteiger partial charge in [0.1, 0.15) is 0 Å². The van der Waals surface area contributed by atoms with Crippen molar-refractivity contribution in [3.8, 4) is 12.3 Å². The Morgan fingerprint density at radius 2 is 2.18 bits per heavy atom. The topological polar surface area (TPSA) is 54.2 Å². The van der Waals surface area contributed by atoms with Crippen LogP contribution < -0.4 is 10.6 Å². The summed E-state index contributed by atoms with van der Waals surface area (Å²) in [5.74, 6) is 3.31. The van der Waals surface area contributed by atoms with Gasteiger partial charge in [-0.1, -0.05) is 18.1 Å². The predicted octanol–water partition coefficient (Wildman–Crippen LogP) is 2.23. The average Bonchev–Trinajstić information content (AvgIpc) is 2.92. The monoisotopic (exact) mass is 411 g/mol. The van der Waals surface area contributed by atoms with Crippen LogP contribution in [0.25, 0.3) is 11.0 Å². The minimum Gasteiger partial charge on any atom is -0.357 e. The molecule has 118 valence electrons. The van der Waals surface area contributed by atoms with Gasteiger partial charge in [-0.05, 0) is 25.5 Å². The lowest BCUT2D eigenvalue weighted by atomic mass is 10.3. The Morgan fingerprint density at radius 1 is 1.36 bits per heavy atom. The molecule has 0 saturated heterocycles. The van der Waals surface area contributed by atoms with Crippen molar-refractivity contribution in [2.24, 2.45) is 4.99 Å². The van der Waals surface area contributed by atoms with Crippen LogP contribution in [0, 0.1) is 12.3 Å². The van der Waals surface area contributed by atoms with E-state index in [0.29, 0.717) is 6.54 Å². The average molecular weight is 411 g/mol. The van der Waals surface area contributed by atoms with E-state index < -0.39 is 0 Å². The van der Waals surface area contributed by atoms with E-state index in [4.69, 9.17) is 6.42 Å². The molecule has 1 aromatic carbocycles. The molecule has 0 saturated carbocycles. The van der Waals surface area contributed by atoms with Gasteiger partial charge in [0.15, 0.2) is 5.96 Å². The highest BCUT2D eigenvalue weighted by Crippen LogP contribution is 2.11. The van der Waals surface area contributed by atoms with E-state index in [1.807, 2.05) is 31.5 Å². The first-order chi connectivity index (χ1) is 10.3. The number of imidazole rings is 1. The van der Waals surface area contributed by atoms with E-state index in [0.717, 1.165) is 37.5 Å². The lowest BCUT2D eigenvalue weighted by molar-refractivity contribution is 0.663. The molecule has 1 aromatic heterocycles. The third kappa shape index (κ3) is 5.22. The standard InChI is InChI=1S/C16H21N5.HI/c1-3-10-18-16(17-4-2)19-11-7-12-21-13-20-14-8-5-6-9-15(14)21;/h1,5-6,8-9,13H,4,7,10-12H2,2H3,(H2,17,18,19);1H. The molecule has 2 N–H and O–H groups in total. The third-order valence-corrected chi connectivity index (χ3v) is 3.06. The molecule has 22 heavy (non-hydrogen) atoms. The number of rotatable bonds is 6. The fourth-order valence-corrected chi connectivity index (χ4v) is 2.10. The number of fused-ring (bicyclic) bond motifs is 1. The molecular formula is C16H22IN5. The molecule has 0 aliphatic carbocycles. The third-order valence-electron chi connectivity index (χ3n) is 3.06. The van der Waals surface area contributed by atoms with Gasteiger partial charge >= 0.3 is 0 Å². The zero-order valence-electron chi connectivity index (χ0n) is 12.7. The van der Waals surface area contributed by atoms with Crippen molar-refractivity contribution in [1.82, 2.24) is 20.2 Å². The molecule has 2 aromatic rings. The number of aromatic nitrogens is 2. The fourth-order valence-electron chi connectivity index (χ4n) is 2.10. The summed E-state index contributed by atoms with van der Waals surface area (Å²) >= 11 is 0. The first-order valence-electron chi connectivity index (χ1n) is 7.20. The molecule has 0 bridgehead atoms. The van der Waals surface area contributed by atoms with E-state index in [-0.39, 0.29) is 24.0 Å². The van der Waals surface area contributed by atoms with Gasteiger partial charge in [-0.3, -0.25) is 4.99 Å². The number of nitrogens with one attached hydrogen (secondary N) is 2. The van der Waals surface area contributed by atoms with Gasteiger partial charge in [0.25, 0.3) is 0 Å². The molecule has 0 aliphatic heterocycles. The highest BCUT2D eigenvalue weighted by molar-refractivity contribution is 14.0. The summed E-state index contributed by atoms with van der Waals surface area (Å²) in [6.45, 7) is 4.98. The fraction of sp³-hybridized carbons (Fsp3) is 0.375. The Hall–Kier alpha value is -1.75. The molecule has 0 unspecified atom stereocenters. The number of halogens is 1. The number of nitrogens with zero attached hydrogens (tertiary/aromatic N) is 3. The summed E-state index contributed by atoms with van der Waals surface area (Å²) in [6, 6.07) is 8.15. The van der Waals surface area contributed by atoms with Crippen LogP contribution in [-0.2, 0) is 6.54 Å². The van der Waals surface area contributed by atoms with Crippen LogP contribution in [0.4, 0.5) is 0 Å². The maximum absolute atomic E-state index is 5.24. The van der Waals surface area contributed by atoms with Crippen LogP contribution in [0.2, 0.25) is 0 Å². The number of aliphatic imine (C=N–C) groups is 1. The van der Waals surface area contributed by atoms with Crippen molar-refractivity contribution < 1.29 is 0 Å². The molecule has 0 fully saturated rings. The second kappa shape index (κ2) is 10.1. The van der Waals surface area contributed by atoms with Crippen molar-refractivity contribution >= 4 is 41.0 Å². The second-order valence-corrected chi connectivity index (χ2v) is 4.60. The van der Waals surface area contributed by atoms with Gasteiger partial charge in [-0.2, -0.15) is 0 Å². The van der Waals surface area contributed by atoms with E-state index in [1.165, 1.54) is 5.52 Å². The van der Waals surface area contributed by atoms with Gasteiger partial charge in [0, 0.05) is 19.6 Å². The summed E-state index contributed by atoms with van der Waals surface area (Å²) in [6.07, 6.45) is 8.08. The van der Waals surface area contributed by atoms with E-state index >= 15 is 0 Å². The van der Waals surface area contributed by atoms with Crippen LogP contribution in [-0.4, -0.2) is 35.1 Å². The van der Waals surface area contributed by atoms with E-state index in [9.17, 15) is 0 Å². The molecule has 2 rings (SSSR count). The SMILES string of the molecule is C#CCNC(=NCCCn1cnc2ccccc21)NCC.I. The summed E-state index contributed by atoms with van der Waals surface area (Å²) < 4.78 is 2.16. The molecule has 1 heterocycles. The minimum absolute atomic E-state index is 0. The van der Waals surface area contributed by atoms with Crippen LogP contribution in [0.3, 0.4) is 0 Å². The van der Waals surface area contributed by atoms with Crippen molar-refractivity contribution in [3.05, 3.63) is 30.6 Å². The van der Waals surface area contributed by atoms with Gasteiger partial charge < -0.3 is 15.2 Å². The van der Waals surface area contributed by atoms with Crippen LogP contribution >= 0.6 is 24.0 Å². The Morgan fingerprint density at radius 3 is 2.95 bits per heavy atom. The van der Waals surface area contributed by atoms with Crippen molar-refractivity contribution in [3.63, 3.8) is 0 Å². The van der Waals surface area contributed by atoms with Crippen LogP contribution in [0.1, 0.15) is 13.3 Å². The molecule has 0 atom stereocenters. The Labute approximate surface area is 148 Å². The molecular weight excluding hydrogens is 389 g/mol. The predicted molar refractivity (Wildman–Crippen MR) is 103 cm³/mol. The second-order valence-electron chi connectivity index (χ2n) is 4.60. The number of aryl methyl sites for hydroxylation is 1. The highest BCUT2D eigenvalue weighted by atomic mass is 127. The van der Waals surface area contributed by atoms with Gasteiger partial charge in [0.2, 0.25) is 0 Å². The molecule has 5 nitrogen and oxygen atoms in total. The van der Waals surface area contributed by atoms with Gasteiger partial charge in [-0.25, -0.2) is 4.98 Å². The van der Waals surface area contributed by atoms with Crippen molar-refractivity contribution in [2.45, 2.75) is 19.9 Å². The van der Waals surface area contributed by atoms with E-state index in [2.05, 4.69) is 37.2 Å². The number of hydrogen-bond donors (Lipinski definition) is 2. The molecule has 0 aliphatic rings. The number of guanidine groups is 1. The number of terminal acetylenes is 1. The number of benzene rings is 1. The van der Waals surface area contributed by atoms with Gasteiger partial charge in [0.05, 0.1) is 23.9 Å². The zero-order chi connectivity index (χ0) is 14.9. The first kappa shape index (κ1) is 18.3. The summed E-state index contributed by atoms with van der Waals surface area (Å²) in [5.41, 5.74) is 2.20. The normalized spacial score (nSPS) is 10.8. The van der Waals surface area contributed by atoms with Crippen molar-refractivity contribution in [2.75, 3.05) is 19.6 Å². The van der Waals surface area contributed by atoms with E-state index in [1.54, 1.807) is 0 Å². The van der Waals surface area contributed by atoms with Crippen molar-refractivity contribution in [1.29, 1.82) is 0 Å². The van der Waals surface area contributed by atoms with Crippen LogP contribution in [0.15, 0.2) is 35.6 Å². The Bertz CT molecular complexity index is 641. The first-order valence-corrected chi connectivity index (χ1v) is 7.20. The summed E-state index contributed by atoms with van der Waals surface area (Å²) in [4.78, 5) is 8.88. The summed E-state index contributed by atoms with van der Waals surface area (Å²) in [5, 5.41) is 6.24. The smallest absolute Gasteiger partial charge is 0.192 e. The lowest BCUT2D eigenvalue weighted by Crippen LogP contribution is -2.37.